The highest BCUT2D eigenvalue weighted by atomic mass is 79.9. The van der Waals surface area contributed by atoms with E-state index in [4.69, 9.17) is 4.42 Å². The number of rotatable bonds is 4. The highest BCUT2D eigenvalue weighted by Gasteiger charge is 2.28. The van der Waals surface area contributed by atoms with Gasteiger partial charge in [-0.25, -0.2) is 4.98 Å². The lowest BCUT2D eigenvalue weighted by Gasteiger charge is -2.14. The molecule has 1 atom stereocenters. The van der Waals surface area contributed by atoms with Crippen LogP contribution in [0, 0.1) is 5.92 Å². The number of hydrogen-bond acceptors (Lipinski definition) is 3. The number of likely N-dealkylation sites (tertiary alicyclic amines) is 1. The normalized spacial score (nSPS) is 21.3. The molecule has 1 aromatic heterocycles. The highest BCUT2D eigenvalue weighted by molar-refractivity contribution is 9.09. The van der Waals surface area contributed by atoms with E-state index in [0.717, 1.165) is 30.6 Å². The van der Waals surface area contributed by atoms with Crippen LogP contribution in [-0.2, 0) is 11.2 Å². The Morgan fingerprint density at radius 2 is 2.53 bits per heavy atom. The molecule has 1 aliphatic heterocycles. The zero-order chi connectivity index (χ0) is 10.7. The summed E-state index contributed by atoms with van der Waals surface area (Å²) in [6, 6.07) is 0. The number of hydrogen-bond donors (Lipinski definition) is 0. The molecule has 82 valence electrons. The van der Waals surface area contributed by atoms with Gasteiger partial charge >= 0.3 is 0 Å². The average molecular weight is 273 g/mol. The lowest BCUT2D eigenvalue weighted by Crippen LogP contribution is -2.27. The highest BCUT2D eigenvalue weighted by Crippen LogP contribution is 2.19. The molecule has 0 N–H and O–H groups in total. The topological polar surface area (TPSA) is 46.3 Å². The molecule has 0 aliphatic carbocycles. The fraction of sp³-hybridized carbons (Fsp3) is 0.600. The van der Waals surface area contributed by atoms with E-state index in [1.807, 2.05) is 4.90 Å². The van der Waals surface area contributed by atoms with Crippen molar-refractivity contribution in [2.24, 2.45) is 5.92 Å². The number of aromatic nitrogens is 1. The molecule has 0 aromatic carbocycles. The van der Waals surface area contributed by atoms with E-state index in [1.165, 1.54) is 6.39 Å². The summed E-state index contributed by atoms with van der Waals surface area (Å²) >= 11 is 3.41. The Kier molecular flexibility index (Phi) is 3.41. The van der Waals surface area contributed by atoms with Gasteiger partial charge in [-0.15, -0.1) is 0 Å². The van der Waals surface area contributed by atoms with Crippen LogP contribution in [0.2, 0.25) is 0 Å². The average Bonchev–Trinajstić information content (AvgIpc) is 2.84. The maximum absolute atomic E-state index is 11.6. The second kappa shape index (κ2) is 4.79. The lowest BCUT2D eigenvalue weighted by atomic mass is 10.2. The van der Waals surface area contributed by atoms with Crippen molar-refractivity contribution in [2.75, 3.05) is 18.4 Å². The summed E-state index contributed by atoms with van der Waals surface area (Å²) in [4.78, 5) is 17.3. The smallest absolute Gasteiger partial charge is 0.222 e. The molecule has 1 amide bonds. The molecule has 0 saturated carbocycles. The summed E-state index contributed by atoms with van der Waals surface area (Å²) in [6.07, 6.45) is 4.54. The number of amides is 1. The standard InChI is InChI=1S/C10H13BrN2O2/c11-4-8-3-10(14)13(6-8)2-1-9-5-12-7-15-9/h5,7-8H,1-4,6H2. The molecule has 0 spiro atoms. The minimum atomic E-state index is 0.249. The molecule has 1 fully saturated rings. The van der Waals surface area contributed by atoms with Gasteiger partial charge in [0.05, 0.1) is 6.20 Å². The van der Waals surface area contributed by atoms with E-state index < -0.39 is 0 Å². The molecule has 2 rings (SSSR count). The SMILES string of the molecule is O=C1CC(CBr)CN1CCc1cnco1. The number of carbonyl (C=O) groups is 1. The van der Waals surface area contributed by atoms with Crippen LogP contribution in [-0.4, -0.2) is 34.2 Å². The summed E-state index contributed by atoms with van der Waals surface area (Å²) in [5.41, 5.74) is 0. The quantitative estimate of drug-likeness (QED) is 0.780. The van der Waals surface area contributed by atoms with Gasteiger partial charge in [-0.05, 0) is 5.92 Å². The summed E-state index contributed by atoms with van der Waals surface area (Å²) in [6.45, 7) is 1.59. The van der Waals surface area contributed by atoms with Crippen LogP contribution in [0.25, 0.3) is 0 Å². The Morgan fingerprint density at radius 1 is 1.67 bits per heavy atom. The first-order valence-corrected chi connectivity index (χ1v) is 6.13. The van der Waals surface area contributed by atoms with Crippen molar-refractivity contribution in [1.82, 2.24) is 9.88 Å². The lowest BCUT2D eigenvalue weighted by molar-refractivity contribution is -0.127. The van der Waals surface area contributed by atoms with Crippen molar-refractivity contribution in [3.8, 4) is 0 Å². The van der Waals surface area contributed by atoms with E-state index in [-0.39, 0.29) is 5.91 Å². The maximum Gasteiger partial charge on any atom is 0.222 e. The summed E-state index contributed by atoms with van der Waals surface area (Å²) < 4.78 is 5.12. The van der Waals surface area contributed by atoms with Crippen LogP contribution in [0.1, 0.15) is 12.2 Å². The van der Waals surface area contributed by atoms with Crippen LogP contribution in [0.3, 0.4) is 0 Å². The van der Waals surface area contributed by atoms with E-state index in [2.05, 4.69) is 20.9 Å². The Labute approximate surface area is 96.8 Å². The third-order valence-corrected chi connectivity index (χ3v) is 3.54. The molecule has 1 saturated heterocycles. The minimum Gasteiger partial charge on any atom is -0.448 e. The zero-order valence-corrected chi connectivity index (χ0v) is 9.94. The van der Waals surface area contributed by atoms with Crippen molar-refractivity contribution in [3.05, 3.63) is 18.4 Å². The van der Waals surface area contributed by atoms with Crippen LogP contribution in [0.15, 0.2) is 17.0 Å². The molecule has 1 unspecified atom stereocenters. The first-order valence-electron chi connectivity index (χ1n) is 5.00. The van der Waals surface area contributed by atoms with Crippen molar-refractivity contribution >= 4 is 21.8 Å². The predicted octanol–water partition coefficient (Wildman–Crippen LogP) is 1.46. The molecular weight excluding hydrogens is 260 g/mol. The van der Waals surface area contributed by atoms with Crippen molar-refractivity contribution in [3.63, 3.8) is 0 Å². The largest absolute Gasteiger partial charge is 0.448 e. The number of carbonyl (C=O) groups excluding carboxylic acids is 1. The van der Waals surface area contributed by atoms with Crippen LogP contribution >= 0.6 is 15.9 Å². The van der Waals surface area contributed by atoms with Gasteiger partial charge in [0.15, 0.2) is 6.39 Å². The monoisotopic (exact) mass is 272 g/mol. The van der Waals surface area contributed by atoms with Gasteiger partial charge < -0.3 is 9.32 Å². The molecule has 5 heteroatoms. The maximum atomic E-state index is 11.6. The van der Waals surface area contributed by atoms with Crippen molar-refractivity contribution < 1.29 is 9.21 Å². The van der Waals surface area contributed by atoms with E-state index in [1.54, 1.807) is 6.20 Å². The van der Waals surface area contributed by atoms with Gasteiger partial charge in [0, 0.05) is 31.3 Å². The van der Waals surface area contributed by atoms with Gasteiger partial charge in [-0.2, -0.15) is 0 Å². The third kappa shape index (κ3) is 2.59. The van der Waals surface area contributed by atoms with E-state index in [9.17, 15) is 4.79 Å². The second-order valence-corrected chi connectivity index (χ2v) is 4.43. The summed E-state index contributed by atoms with van der Waals surface area (Å²) in [7, 11) is 0. The summed E-state index contributed by atoms with van der Waals surface area (Å²) in [5.74, 6) is 1.55. The number of alkyl halides is 1. The Hall–Kier alpha value is -0.840. The molecule has 1 aliphatic rings. The molecule has 4 nitrogen and oxygen atoms in total. The van der Waals surface area contributed by atoms with Gasteiger partial charge in [-0.1, -0.05) is 15.9 Å². The Bertz CT molecular complexity index is 326. The van der Waals surface area contributed by atoms with Gasteiger partial charge in [0.25, 0.3) is 0 Å². The first kappa shape index (κ1) is 10.7. The first-order chi connectivity index (χ1) is 7.29. The zero-order valence-electron chi connectivity index (χ0n) is 8.36. The van der Waals surface area contributed by atoms with Gasteiger partial charge in [0.2, 0.25) is 5.91 Å². The third-order valence-electron chi connectivity index (χ3n) is 2.62. The molecule has 15 heavy (non-hydrogen) atoms. The fourth-order valence-electron chi connectivity index (χ4n) is 1.78. The number of halogens is 1. The van der Waals surface area contributed by atoms with Gasteiger partial charge in [0.1, 0.15) is 5.76 Å². The van der Waals surface area contributed by atoms with E-state index >= 15 is 0 Å². The van der Waals surface area contributed by atoms with Crippen LogP contribution in [0.4, 0.5) is 0 Å². The van der Waals surface area contributed by atoms with Gasteiger partial charge in [-0.3, -0.25) is 4.79 Å². The summed E-state index contributed by atoms with van der Waals surface area (Å²) in [5, 5.41) is 0.900. The minimum absolute atomic E-state index is 0.249. The van der Waals surface area contributed by atoms with E-state index in [0.29, 0.717) is 12.3 Å². The molecular formula is C10H13BrN2O2. The van der Waals surface area contributed by atoms with Crippen LogP contribution in [0.5, 0.6) is 0 Å². The molecule has 1 aromatic rings. The molecule has 0 bridgehead atoms. The molecule has 0 radical (unpaired) electrons. The second-order valence-electron chi connectivity index (χ2n) is 3.78. The fourth-order valence-corrected chi connectivity index (χ4v) is 2.22. The van der Waals surface area contributed by atoms with Crippen molar-refractivity contribution in [2.45, 2.75) is 12.8 Å². The Balaban J connectivity index is 1.83. The van der Waals surface area contributed by atoms with Crippen LogP contribution < -0.4 is 0 Å². The molecule has 2 heterocycles. The van der Waals surface area contributed by atoms with Crippen molar-refractivity contribution in [1.29, 1.82) is 0 Å². The number of nitrogens with zero attached hydrogens (tertiary/aromatic N) is 2. The predicted molar refractivity (Wildman–Crippen MR) is 58.7 cm³/mol. The number of oxazole rings is 1. The Morgan fingerprint density at radius 3 is 3.13 bits per heavy atom.